The molecular weight excluding hydrogens is 218 g/mol. The summed E-state index contributed by atoms with van der Waals surface area (Å²) in [6, 6.07) is 0. The molecule has 2 aliphatic rings. The standard InChI is InChI=1S/C13H15NO3/c1-9(2)11(15)17-8-14-12(16)13-5-3-10(7-13)4-6-13/h3,5,8,10H,1,4,6-7H2,2H3. The highest BCUT2D eigenvalue weighted by Gasteiger charge is 2.46. The number of allylic oxidation sites excluding steroid dienone is 1. The fraction of sp³-hybridized carbons (Fsp3) is 0.462. The number of ether oxygens (including phenoxy) is 1. The van der Waals surface area contributed by atoms with Crippen LogP contribution in [0.25, 0.3) is 0 Å². The molecule has 0 N–H and O–H groups in total. The normalized spacial score (nSPS) is 29.8. The molecule has 4 heteroatoms. The number of hydrogen-bond acceptors (Lipinski definition) is 3. The second-order valence-corrected chi connectivity index (χ2v) is 4.74. The summed E-state index contributed by atoms with van der Waals surface area (Å²) in [5.74, 6) is -0.263. The van der Waals surface area contributed by atoms with E-state index in [0.29, 0.717) is 5.92 Å². The minimum absolute atomic E-state index is 0.219. The molecule has 17 heavy (non-hydrogen) atoms. The van der Waals surface area contributed by atoms with Crippen molar-refractivity contribution in [1.29, 1.82) is 0 Å². The second kappa shape index (κ2) is 4.28. The van der Waals surface area contributed by atoms with Gasteiger partial charge in [0.05, 0.1) is 5.41 Å². The van der Waals surface area contributed by atoms with Crippen LogP contribution in [0.15, 0.2) is 29.3 Å². The molecule has 2 rings (SSSR count). The summed E-state index contributed by atoms with van der Waals surface area (Å²) in [5, 5.41) is 0. The van der Waals surface area contributed by atoms with Crippen molar-refractivity contribution in [3.8, 4) is 0 Å². The zero-order valence-electron chi connectivity index (χ0n) is 9.81. The molecule has 2 unspecified atom stereocenters. The van der Waals surface area contributed by atoms with Gasteiger partial charge in [-0.3, -0.25) is 4.79 Å². The number of carbonyl (C=O) groups is 2. The lowest BCUT2D eigenvalue weighted by atomic mass is 9.87. The Morgan fingerprint density at radius 1 is 1.59 bits per heavy atom. The van der Waals surface area contributed by atoms with Crippen molar-refractivity contribution < 1.29 is 14.3 Å². The minimum Gasteiger partial charge on any atom is -0.411 e. The predicted molar refractivity (Wildman–Crippen MR) is 63.3 cm³/mol. The molecule has 2 bridgehead atoms. The van der Waals surface area contributed by atoms with E-state index < -0.39 is 11.4 Å². The Hall–Kier alpha value is -1.71. The van der Waals surface area contributed by atoms with E-state index >= 15 is 0 Å². The van der Waals surface area contributed by atoms with Crippen LogP contribution in [0.3, 0.4) is 0 Å². The lowest BCUT2D eigenvalue weighted by molar-refractivity contribution is -0.130. The number of fused-ring (bicyclic) bond motifs is 2. The van der Waals surface area contributed by atoms with Gasteiger partial charge in [-0.2, -0.15) is 4.99 Å². The Kier molecular flexibility index (Phi) is 2.96. The molecule has 4 nitrogen and oxygen atoms in total. The van der Waals surface area contributed by atoms with Crippen LogP contribution in [0, 0.1) is 11.3 Å². The Morgan fingerprint density at radius 2 is 2.35 bits per heavy atom. The van der Waals surface area contributed by atoms with E-state index in [1.165, 1.54) is 6.92 Å². The molecule has 0 aromatic carbocycles. The van der Waals surface area contributed by atoms with Gasteiger partial charge in [0, 0.05) is 5.57 Å². The van der Waals surface area contributed by atoms with Gasteiger partial charge in [0.1, 0.15) is 0 Å². The fourth-order valence-corrected chi connectivity index (χ4v) is 2.37. The summed E-state index contributed by atoms with van der Waals surface area (Å²) in [7, 11) is 0. The van der Waals surface area contributed by atoms with E-state index in [9.17, 15) is 9.59 Å². The van der Waals surface area contributed by atoms with Gasteiger partial charge in [-0.05, 0) is 32.1 Å². The molecule has 1 saturated carbocycles. The molecule has 0 aromatic rings. The van der Waals surface area contributed by atoms with E-state index in [1.807, 2.05) is 6.08 Å². The number of hydrogen-bond donors (Lipinski definition) is 0. The van der Waals surface area contributed by atoms with Crippen LogP contribution >= 0.6 is 0 Å². The Morgan fingerprint density at radius 3 is 2.82 bits per heavy atom. The second-order valence-electron chi connectivity index (χ2n) is 4.74. The molecule has 0 aliphatic heterocycles. The van der Waals surface area contributed by atoms with Crippen LogP contribution in [0.5, 0.6) is 0 Å². The molecule has 0 spiro atoms. The SMILES string of the molecule is C=C(C)C(=O)OC=NC(=O)C12C=CC(CC1)C2. The fourth-order valence-electron chi connectivity index (χ4n) is 2.37. The van der Waals surface area contributed by atoms with E-state index in [0.717, 1.165) is 25.7 Å². The van der Waals surface area contributed by atoms with Crippen molar-refractivity contribution in [1.82, 2.24) is 0 Å². The number of nitrogens with zero attached hydrogens (tertiary/aromatic N) is 1. The van der Waals surface area contributed by atoms with Crippen LogP contribution < -0.4 is 0 Å². The highest BCUT2D eigenvalue weighted by atomic mass is 16.5. The highest BCUT2D eigenvalue weighted by Crippen LogP contribution is 2.49. The molecule has 90 valence electrons. The average Bonchev–Trinajstić information content (AvgIpc) is 2.89. The molecule has 0 radical (unpaired) electrons. The number of amides is 1. The summed E-state index contributed by atoms with van der Waals surface area (Å²) in [4.78, 5) is 26.7. The Bertz CT molecular complexity index is 436. The molecule has 0 aromatic heterocycles. The molecular formula is C13H15NO3. The van der Waals surface area contributed by atoms with Gasteiger partial charge in [0.25, 0.3) is 5.91 Å². The summed E-state index contributed by atoms with van der Waals surface area (Å²) in [6.07, 6.45) is 7.69. The largest absolute Gasteiger partial charge is 0.411 e. The van der Waals surface area contributed by atoms with Crippen LogP contribution in [-0.4, -0.2) is 18.3 Å². The van der Waals surface area contributed by atoms with Gasteiger partial charge in [-0.1, -0.05) is 18.7 Å². The van der Waals surface area contributed by atoms with Crippen molar-refractivity contribution in [3.05, 3.63) is 24.3 Å². The van der Waals surface area contributed by atoms with Crippen LogP contribution in [-0.2, 0) is 14.3 Å². The van der Waals surface area contributed by atoms with E-state index in [1.54, 1.807) is 0 Å². The first-order valence-electron chi connectivity index (χ1n) is 5.66. The van der Waals surface area contributed by atoms with Gasteiger partial charge in [0.15, 0.2) is 6.40 Å². The summed E-state index contributed by atoms with van der Waals surface area (Å²) in [6.45, 7) is 4.97. The molecule has 2 atom stereocenters. The minimum atomic E-state index is -0.565. The first-order chi connectivity index (χ1) is 8.03. The molecule has 1 amide bonds. The van der Waals surface area contributed by atoms with E-state index in [-0.39, 0.29) is 11.5 Å². The number of carbonyl (C=O) groups excluding carboxylic acids is 2. The molecule has 1 fully saturated rings. The maximum atomic E-state index is 11.9. The lowest BCUT2D eigenvalue weighted by Gasteiger charge is -2.17. The highest BCUT2D eigenvalue weighted by molar-refractivity contribution is 5.95. The molecule has 0 saturated heterocycles. The predicted octanol–water partition coefficient (Wildman–Crippen LogP) is 2.02. The van der Waals surface area contributed by atoms with Gasteiger partial charge < -0.3 is 4.74 Å². The quantitative estimate of drug-likeness (QED) is 0.246. The Balaban J connectivity index is 1.94. The summed E-state index contributed by atoms with van der Waals surface area (Å²) in [5.41, 5.74) is -0.152. The zero-order valence-corrected chi connectivity index (χ0v) is 9.81. The van der Waals surface area contributed by atoms with Gasteiger partial charge in [0.2, 0.25) is 0 Å². The maximum Gasteiger partial charge on any atom is 0.339 e. The van der Waals surface area contributed by atoms with Gasteiger partial charge >= 0.3 is 5.97 Å². The van der Waals surface area contributed by atoms with E-state index in [4.69, 9.17) is 0 Å². The van der Waals surface area contributed by atoms with Crippen LogP contribution in [0.2, 0.25) is 0 Å². The number of rotatable bonds is 3. The first-order valence-corrected chi connectivity index (χ1v) is 5.66. The van der Waals surface area contributed by atoms with E-state index in [2.05, 4.69) is 22.4 Å². The van der Waals surface area contributed by atoms with Gasteiger partial charge in [-0.15, -0.1) is 0 Å². The smallest absolute Gasteiger partial charge is 0.339 e. The topological polar surface area (TPSA) is 55.7 Å². The third-order valence-corrected chi connectivity index (χ3v) is 3.38. The Labute approximate surface area is 100 Å². The zero-order chi connectivity index (χ0) is 12.5. The first kappa shape index (κ1) is 11.8. The van der Waals surface area contributed by atoms with Crippen LogP contribution in [0.4, 0.5) is 0 Å². The van der Waals surface area contributed by atoms with Gasteiger partial charge in [-0.25, -0.2) is 4.79 Å². The number of esters is 1. The van der Waals surface area contributed by atoms with Crippen molar-refractivity contribution in [2.24, 2.45) is 16.3 Å². The monoisotopic (exact) mass is 233 g/mol. The summed E-state index contributed by atoms with van der Waals surface area (Å²) < 4.78 is 4.66. The summed E-state index contributed by atoms with van der Waals surface area (Å²) >= 11 is 0. The average molecular weight is 233 g/mol. The molecule has 2 aliphatic carbocycles. The van der Waals surface area contributed by atoms with Crippen molar-refractivity contribution in [3.63, 3.8) is 0 Å². The van der Waals surface area contributed by atoms with Crippen molar-refractivity contribution in [2.75, 3.05) is 0 Å². The third-order valence-electron chi connectivity index (χ3n) is 3.38. The van der Waals surface area contributed by atoms with Crippen molar-refractivity contribution in [2.45, 2.75) is 26.2 Å². The third kappa shape index (κ3) is 2.20. The maximum absolute atomic E-state index is 11.9. The number of aliphatic imine (C=N–C) groups is 1. The molecule has 0 heterocycles. The van der Waals surface area contributed by atoms with Crippen LogP contribution in [0.1, 0.15) is 26.2 Å². The van der Waals surface area contributed by atoms with Crippen molar-refractivity contribution >= 4 is 18.3 Å². The lowest BCUT2D eigenvalue weighted by Crippen LogP contribution is -2.23.